The molecular weight excluding hydrogens is 641 g/mol. The number of anilines is 4. The lowest BCUT2D eigenvalue weighted by molar-refractivity contribution is 0.590. The number of hydrogen-bond acceptors (Lipinski definition) is 2. The Morgan fingerprint density at radius 2 is 0.925 bits per heavy atom. The highest BCUT2D eigenvalue weighted by atomic mass is 15.2. The van der Waals surface area contributed by atoms with E-state index < -0.39 is 0 Å². The van der Waals surface area contributed by atoms with Crippen LogP contribution in [0.3, 0.4) is 0 Å². The van der Waals surface area contributed by atoms with Crippen LogP contribution in [0.4, 0.5) is 22.7 Å². The predicted octanol–water partition coefficient (Wildman–Crippen LogP) is 11.1. The molecule has 0 bridgehead atoms. The van der Waals surface area contributed by atoms with Crippen molar-refractivity contribution in [2.24, 2.45) is 0 Å². The van der Waals surface area contributed by atoms with E-state index >= 15 is 0 Å². The summed E-state index contributed by atoms with van der Waals surface area (Å²) in [4.78, 5) is 5.22. The Morgan fingerprint density at radius 3 is 1.40 bits per heavy atom. The van der Waals surface area contributed by atoms with E-state index in [0.29, 0.717) is 0 Å². The maximum absolute atomic E-state index is 2.67. The molecule has 53 heavy (non-hydrogen) atoms. The van der Waals surface area contributed by atoms with Gasteiger partial charge in [-0.2, -0.15) is 0 Å². The van der Waals surface area contributed by atoms with Gasteiger partial charge in [0.05, 0.1) is 16.6 Å². The van der Waals surface area contributed by atoms with Crippen molar-refractivity contribution in [3.8, 4) is 0 Å². The molecule has 0 amide bonds. The highest BCUT2D eigenvalue weighted by molar-refractivity contribution is 7.01. The topological polar surface area (TPSA) is 10.9 Å². The van der Waals surface area contributed by atoms with E-state index in [2.05, 4.69) is 184 Å². The molecule has 0 N–H and O–H groups in total. The van der Waals surface area contributed by atoms with E-state index in [1.54, 1.807) is 0 Å². The zero-order valence-electron chi connectivity index (χ0n) is 34.6. The largest absolute Gasteiger partial charge is 0.345 e. The first-order valence-corrected chi connectivity index (χ1v) is 19.9. The maximum Gasteiger partial charge on any atom is 0.252 e. The molecule has 2 aromatic heterocycles. The van der Waals surface area contributed by atoms with Gasteiger partial charge in [-0.05, 0) is 104 Å². The normalized spacial score (nSPS) is 14.9. The van der Waals surface area contributed by atoms with Crippen LogP contribution < -0.4 is 26.2 Å². The van der Waals surface area contributed by atoms with Gasteiger partial charge in [0.25, 0.3) is 6.71 Å². The summed E-state index contributed by atoms with van der Waals surface area (Å²) in [6.45, 7) is 31.5. The van der Waals surface area contributed by atoms with Crippen LogP contribution in [0, 0.1) is 0 Å². The van der Waals surface area contributed by atoms with E-state index in [-0.39, 0.29) is 28.4 Å². The summed E-state index contributed by atoms with van der Waals surface area (Å²) in [6.07, 6.45) is 0. The Kier molecular flexibility index (Phi) is 6.88. The van der Waals surface area contributed by atoms with E-state index in [9.17, 15) is 0 Å². The van der Waals surface area contributed by atoms with Crippen molar-refractivity contribution in [3.63, 3.8) is 0 Å². The van der Waals surface area contributed by atoms with Crippen LogP contribution in [0.2, 0.25) is 0 Å². The first-order valence-electron chi connectivity index (χ1n) is 19.9. The Labute approximate surface area is 317 Å². The van der Waals surface area contributed by atoms with Gasteiger partial charge in [-0.3, -0.25) is 0 Å². The highest BCUT2D eigenvalue weighted by Crippen LogP contribution is 2.52. The van der Waals surface area contributed by atoms with Gasteiger partial charge in [-0.25, -0.2) is 0 Å². The Morgan fingerprint density at radius 1 is 0.509 bits per heavy atom. The quantitative estimate of drug-likeness (QED) is 0.158. The molecular formula is C49H56BN3. The van der Waals surface area contributed by atoms with E-state index in [1.165, 1.54) is 99.5 Å². The SMILES string of the molecule is CCN1c2ccc(C(C)(C)C)cc2B2c3cc(C(C)(C)C)ccc3N(C)c3c2c1c1c2cc(C(C)(C)C)ccc2n2c4ccc(C(C)(C)C)cc4c3c12. The minimum absolute atomic E-state index is 0.0337. The van der Waals surface area contributed by atoms with Crippen molar-refractivity contribution in [3.05, 3.63) is 95.1 Å². The van der Waals surface area contributed by atoms with Crippen molar-refractivity contribution < 1.29 is 0 Å². The average Bonchev–Trinajstić information content (AvgIpc) is 3.59. The summed E-state index contributed by atoms with van der Waals surface area (Å²) < 4.78 is 2.61. The van der Waals surface area contributed by atoms with Crippen molar-refractivity contribution in [1.82, 2.24) is 4.40 Å². The molecule has 4 heterocycles. The molecule has 9 rings (SSSR count). The maximum atomic E-state index is 2.67. The lowest BCUT2D eigenvalue weighted by atomic mass is 9.33. The van der Waals surface area contributed by atoms with Gasteiger partial charge in [0.15, 0.2) is 0 Å². The van der Waals surface area contributed by atoms with Gasteiger partial charge in [-0.15, -0.1) is 0 Å². The Bertz CT molecular complexity index is 2660. The number of nitrogens with zero attached hydrogens (tertiary/aromatic N) is 3. The zero-order chi connectivity index (χ0) is 37.9. The van der Waals surface area contributed by atoms with Crippen molar-refractivity contribution in [1.29, 1.82) is 0 Å². The standard InChI is InChI=1S/C49H56BN3/c1-15-52-39-23-19-31(49(11,12)13)27-35(39)50-34-26-30(48(8,9)10)18-22-38(34)51(14)44-40-32-24-28(46(2,3)4)16-20-36(32)53-37-21-17-29(47(5,6)7)25-33(37)41(43(40)53)45(52)42(44)50/h16-27H,15H2,1-14H3. The fraction of sp³-hybridized carbons (Fsp3) is 0.388. The van der Waals surface area contributed by atoms with Crippen LogP contribution in [-0.2, 0) is 21.7 Å². The van der Waals surface area contributed by atoms with Gasteiger partial charge in [0, 0.05) is 57.9 Å². The fourth-order valence-corrected chi connectivity index (χ4v) is 9.64. The molecule has 5 aromatic carbocycles. The lowest BCUT2D eigenvalue weighted by Crippen LogP contribution is -2.62. The van der Waals surface area contributed by atoms with Crippen molar-refractivity contribution >= 4 is 83.9 Å². The van der Waals surface area contributed by atoms with Gasteiger partial charge >= 0.3 is 0 Å². The second-order valence-electron chi connectivity index (χ2n) is 20.3. The highest BCUT2D eigenvalue weighted by Gasteiger charge is 2.45. The van der Waals surface area contributed by atoms with Gasteiger partial charge in [-0.1, -0.05) is 119 Å². The van der Waals surface area contributed by atoms with Gasteiger partial charge in [0.2, 0.25) is 0 Å². The third-order valence-corrected chi connectivity index (χ3v) is 12.7. The molecule has 2 aliphatic rings. The third-order valence-electron chi connectivity index (χ3n) is 12.7. The molecule has 0 saturated carbocycles. The van der Waals surface area contributed by atoms with Gasteiger partial charge in [0.1, 0.15) is 0 Å². The lowest BCUT2D eigenvalue weighted by Gasteiger charge is -2.44. The summed E-state index contributed by atoms with van der Waals surface area (Å²) in [5, 5.41) is 5.50. The van der Waals surface area contributed by atoms with E-state index in [1.807, 2.05) is 0 Å². The summed E-state index contributed by atoms with van der Waals surface area (Å²) >= 11 is 0. The number of hydrogen-bond donors (Lipinski definition) is 0. The first kappa shape index (κ1) is 34.3. The second-order valence-corrected chi connectivity index (χ2v) is 20.3. The summed E-state index contributed by atoms with van der Waals surface area (Å²) in [5.41, 5.74) is 19.3. The molecule has 270 valence electrons. The van der Waals surface area contributed by atoms with E-state index in [0.717, 1.165) is 6.54 Å². The zero-order valence-corrected chi connectivity index (χ0v) is 34.6. The van der Waals surface area contributed by atoms with Crippen LogP contribution in [-0.4, -0.2) is 24.7 Å². The van der Waals surface area contributed by atoms with Crippen LogP contribution in [0.1, 0.15) is 112 Å². The molecule has 0 atom stereocenters. The monoisotopic (exact) mass is 697 g/mol. The summed E-state index contributed by atoms with van der Waals surface area (Å²) in [7, 11) is 2.33. The fourth-order valence-electron chi connectivity index (χ4n) is 9.64. The van der Waals surface area contributed by atoms with Crippen LogP contribution in [0.5, 0.6) is 0 Å². The molecule has 2 aliphatic heterocycles. The molecule has 0 spiro atoms. The van der Waals surface area contributed by atoms with Gasteiger partial charge < -0.3 is 14.2 Å². The van der Waals surface area contributed by atoms with Crippen molar-refractivity contribution in [2.45, 2.75) is 112 Å². The molecule has 7 aromatic rings. The predicted molar refractivity (Wildman–Crippen MR) is 234 cm³/mol. The molecule has 0 fully saturated rings. The average molecular weight is 698 g/mol. The number of benzene rings is 5. The Balaban J connectivity index is 1.56. The van der Waals surface area contributed by atoms with Crippen molar-refractivity contribution in [2.75, 3.05) is 23.4 Å². The molecule has 0 radical (unpaired) electrons. The number of fused-ring (bicyclic) bond motifs is 12. The molecule has 0 aliphatic carbocycles. The molecule has 3 nitrogen and oxygen atoms in total. The Hall–Kier alpha value is -4.44. The van der Waals surface area contributed by atoms with Crippen LogP contribution >= 0.6 is 0 Å². The first-order chi connectivity index (χ1) is 24.7. The van der Waals surface area contributed by atoms with E-state index in [4.69, 9.17) is 0 Å². The second kappa shape index (κ2) is 10.6. The summed E-state index contributed by atoms with van der Waals surface area (Å²) in [5.74, 6) is 0. The molecule has 0 saturated heterocycles. The summed E-state index contributed by atoms with van der Waals surface area (Å²) in [6, 6.07) is 29.3. The van der Waals surface area contributed by atoms with Crippen LogP contribution in [0.15, 0.2) is 72.8 Å². The van der Waals surface area contributed by atoms with Crippen LogP contribution in [0.25, 0.3) is 38.1 Å². The molecule has 0 unspecified atom stereocenters. The minimum Gasteiger partial charge on any atom is -0.345 e. The third kappa shape index (κ3) is 4.66. The number of rotatable bonds is 1. The molecule has 4 heteroatoms. The number of aromatic nitrogens is 1. The smallest absolute Gasteiger partial charge is 0.252 e. The minimum atomic E-state index is 0.0337.